The van der Waals surface area contributed by atoms with Crippen molar-refractivity contribution in [1.82, 2.24) is 19.3 Å². The Balaban J connectivity index is 1.46. The van der Waals surface area contributed by atoms with Crippen molar-refractivity contribution in [3.05, 3.63) is 72.9 Å². The number of nitrogens with zero attached hydrogens (tertiary/aromatic N) is 4. The number of ether oxygens (including phenoxy) is 2. The van der Waals surface area contributed by atoms with Gasteiger partial charge in [0.2, 0.25) is 0 Å². The summed E-state index contributed by atoms with van der Waals surface area (Å²) in [6.45, 7) is 2.37. The average molecular weight is 453 g/mol. The van der Waals surface area contributed by atoms with Gasteiger partial charge in [-0.3, -0.25) is 14.2 Å². The van der Waals surface area contributed by atoms with Crippen molar-refractivity contribution in [2.24, 2.45) is 0 Å². The average Bonchev–Trinajstić information content (AvgIpc) is 3.50. The lowest BCUT2D eigenvalue weighted by molar-refractivity contribution is -0.126. The van der Waals surface area contributed by atoms with Crippen LogP contribution in [0.2, 0.25) is 0 Å². The molecule has 0 saturated carbocycles. The first-order valence-corrected chi connectivity index (χ1v) is 11.2. The molecule has 2 aromatic carbocycles. The summed E-state index contributed by atoms with van der Waals surface area (Å²) in [5.41, 5.74) is 2.66. The highest BCUT2D eigenvalue weighted by atomic mass is 16.5. The summed E-state index contributed by atoms with van der Waals surface area (Å²) in [6, 6.07) is 15.1. The van der Waals surface area contributed by atoms with Crippen LogP contribution in [-0.4, -0.2) is 38.8 Å². The van der Waals surface area contributed by atoms with Crippen molar-refractivity contribution in [1.29, 1.82) is 0 Å². The van der Waals surface area contributed by atoms with Crippen LogP contribution >= 0.6 is 0 Å². The molecule has 3 heterocycles. The number of hydrogen-bond acceptors (Lipinski definition) is 5. The van der Waals surface area contributed by atoms with E-state index in [4.69, 9.17) is 14.5 Å². The van der Waals surface area contributed by atoms with E-state index in [0.717, 1.165) is 52.7 Å². The molecule has 0 aliphatic carbocycles. The second kappa shape index (κ2) is 9.28. The Labute approximate surface area is 198 Å². The van der Waals surface area contributed by atoms with Crippen molar-refractivity contribution in [2.75, 3.05) is 13.7 Å². The molecule has 1 saturated heterocycles. The molecule has 34 heavy (non-hydrogen) atoms. The molecule has 1 fully saturated rings. The lowest BCUT2D eigenvalue weighted by Crippen LogP contribution is -2.30. The highest BCUT2D eigenvalue weighted by molar-refractivity contribution is 5.94. The van der Waals surface area contributed by atoms with Crippen LogP contribution in [0, 0.1) is 11.8 Å². The normalized spacial score (nSPS) is 15.1. The summed E-state index contributed by atoms with van der Waals surface area (Å²) >= 11 is 0. The Hall–Kier alpha value is -4.31. The molecule has 2 aromatic heterocycles. The number of likely N-dealkylation sites (tertiary alicyclic amines) is 1. The molecule has 1 aliphatic rings. The number of fused-ring (bicyclic) bond motifs is 1. The molecule has 7 nitrogen and oxygen atoms in total. The number of carbonyl (C=O) groups excluding carboxylic acids is 1. The van der Waals surface area contributed by atoms with Gasteiger partial charge in [-0.2, -0.15) is 0 Å². The van der Waals surface area contributed by atoms with Gasteiger partial charge in [-0.15, -0.1) is 0 Å². The zero-order chi connectivity index (χ0) is 23.5. The highest BCUT2D eigenvalue weighted by Crippen LogP contribution is 2.35. The Morgan fingerprint density at radius 3 is 2.47 bits per heavy atom. The van der Waals surface area contributed by atoms with E-state index in [9.17, 15) is 4.79 Å². The number of carbonyl (C=O) groups is 1. The van der Waals surface area contributed by atoms with Gasteiger partial charge in [0.25, 0.3) is 5.91 Å². The van der Waals surface area contributed by atoms with Gasteiger partial charge >= 0.3 is 0 Å². The number of rotatable bonds is 5. The third-order valence-electron chi connectivity index (χ3n) is 5.94. The van der Waals surface area contributed by atoms with Crippen LogP contribution < -0.4 is 9.47 Å². The number of benzene rings is 2. The Morgan fingerprint density at radius 1 is 1.06 bits per heavy atom. The fraction of sp³-hybridized carbons (Fsp3) is 0.222. The largest absolute Gasteiger partial charge is 0.497 e. The van der Waals surface area contributed by atoms with Crippen molar-refractivity contribution in [2.45, 2.75) is 25.8 Å². The third-order valence-corrected chi connectivity index (χ3v) is 5.94. The molecule has 0 N–H and O–H groups in total. The minimum Gasteiger partial charge on any atom is -0.497 e. The SMILES string of the molecule is CC#CC(=O)N1CCCC1c1nc(-c2ccc(Oc3ccc(OC)cc3)cc2)c2cnccn12. The van der Waals surface area contributed by atoms with Crippen molar-refractivity contribution >= 4 is 11.4 Å². The van der Waals surface area contributed by atoms with Crippen molar-refractivity contribution in [3.63, 3.8) is 0 Å². The van der Waals surface area contributed by atoms with E-state index in [0.29, 0.717) is 6.54 Å². The molecule has 0 bridgehead atoms. The Morgan fingerprint density at radius 2 is 1.76 bits per heavy atom. The van der Waals surface area contributed by atoms with Gasteiger partial charge in [-0.1, -0.05) is 5.92 Å². The van der Waals surface area contributed by atoms with E-state index < -0.39 is 0 Å². The molecule has 7 heteroatoms. The maximum absolute atomic E-state index is 12.5. The van der Waals surface area contributed by atoms with E-state index in [2.05, 4.69) is 16.8 Å². The summed E-state index contributed by atoms with van der Waals surface area (Å²) in [5.74, 6) is 8.30. The number of amides is 1. The first kappa shape index (κ1) is 21.5. The summed E-state index contributed by atoms with van der Waals surface area (Å²) < 4.78 is 13.2. The Bertz CT molecular complexity index is 1380. The molecule has 5 rings (SSSR count). The number of aromatic nitrogens is 3. The number of imidazole rings is 1. The molecule has 1 unspecified atom stereocenters. The second-order valence-corrected chi connectivity index (χ2v) is 7.98. The van der Waals surface area contributed by atoms with Gasteiger partial charge < -0.3 is 14.4 Å². The van der Waals surface area contributed by atoms with Crippen LogP contribution in [0.4, 0.5) is 0 Å². The summed E-state index contributed by atoms with van der Waals surface area (Å²) in [4.78, 5) is 23.7. The van der Waals surface area contributed by atoms with Gasteiger partial charge in [0.05, 0.1) is 30.6 Å². The maximum atomic E-state index is 12.5. The molecule has 1 amide bonds. The topological polar surface area (TPSA) is 69.0 Å². The second-order valence-electron chi connectivity index (χ2n) is 7.98. The predicted octanol–water partition coefficient (Wildman–Crippen LogP) is 4.88. The third kappa shape index (κ3) is 4.06. The minimum absolute atomic E-state index is 0.116. The van der Waals surface area contributed by atoms with Crippen LogP contribution in [-0.2, 0) is 4.79 Å². The monoisotopic (exact) mass is 452 g/mol. The Kier molecular flexibility index (Phi) is 5.88. The van der Waals surface area contributed by atoms with Gasteiger partial charge in [-0.05, 0) is 74.2 Å². The molecular formula is C27H24N4O3. The lowest BCUT2D eigenvalue weighted by Gasteiger charge is -2.21. The van der Waals surface area contributed by atoms with Gasteiger partial charge in [0, 0.05) is 24.5 Å². The zero-order valence-electron chi connectivity index (χ0n) is 19.1. The predicted molar refractivity (Wildman–Crippen MR) is 129 cm³/mol. The smallest absolute Gasteiger partial charge is 0.299 e. The molecule has 4 aromatic rings. The standard InChI is InChI=1S/C27H24N4O3/c1-3-5-25(32)30-16-4-6-23(30)27-29-26(24-18-28-15-17-31(24)27)19-7-9-21(10-8-19)34-22-13-11-20(33-2)12-14-22/h7-15,17-18,23H,4,6,16H2,1-2H3. The quantitative estimate of drug-likeness (QED) is 0.404. The van der Waals surface area contributed by atoms with Crippen LogP contribution in [0.3, 0.4) is 0 Å². The first-order valence-electron chi connectivity index (χ1n) is 11.2. The van der Waals surface area contributed by atoms with E-state index in [1.165, 1.54) is 0 Å². The minimum atomic E-state index is -0.155. The van der Waals surface area contributed by atoms with Gasteiger partial charge in [0.1, 0.15) is 23.1 Å². The van der Waals surface area contributed by atoms with Crippen molar-refractivity contribution in [3.8, 4) is 40.3 Å². The molecule has 0 spiro atoms. The maximum Gasteiger partial charge on any atom is 0.299 e. The van der Waals surface area contributed by atoms with Crippen LogP contribution in [0.15, 0.2) is 67.1 Å². The fourth-order valence-electron chi connectivity index (χ4n) is 4.33. The summed E-state index contributed by atoms with van der Waals surface area (Å²) in [7, 11) is 1.64. The fourth-order valence-corrected chi connectivity index (χ4v) is 4.33. The molecular weight excluding hydrogens is 428 g/mol. The van der Waals surface area contributed by atoms with Gasteiger partial charge in [0.15, 0.2) is 0 Å². The van der Waals surface area contributed by atoms with E-state index in [-0.39, 0.29) is 11.9 Å². The molecule has 1 atom stereocenters. The first-order chi connectivity index (χ1) is 16.7. The molecule has 0 radical (unpaired) electrons. The van der Waals surface area contributed by atoms with E-state index >= 15 is 0 Å². The van der Waals surface area contributed by atoms with Crippen LogP contribution in [0.1, 0.15) is 31.6 Å². The summed E-state index contributed by atoms with van der Waals surface area (Å²) in [6.07, 6.45) is 7.22. The zero-order valence-corrected chi connectivity index (χ0v) is 19.1. The van der Waals surface area contributed by atoms with Crippen LogP contribution in [0.5, 0.6) is 17.2 Å². The molecule has 170 valence electrons. The summed E-state index contributed by atoms with van der Waals surface area (Å²) in [5, 5.41) is 0. The van der Waals surface area contributed by atoms with Gasteiger partial charge in [-0.25, -0.2) is 4.98 Å². The molecule has 1 aliphatic heterocycles. The van der Waals surface area contributed by atoms with E-state index in [1.807, 2.05) is 64.0 Å². The van der Waals surface area contributed by atoms with Crippen molar-refractivity contribution < 1.29 is 14.3 Å². The highest BCUT2D eigenvalue weighted by Gasteiger charge is 2.33. The van der Waals surface area contributed by atoms with Crippen LogP contribution in [0.25, 0.3) is 16.8 Å². The van der Waals surface area contributed by atoms with E-state index in [1.54, 1.807) is 26.4 Å². The lowest BCUT2D eigenvalue weighted by atomic mass is 10.1. The number of hydrogen-bond donors (Lipinski definition) is 0. The number of methoxy groups -OCH3 is 1.